The minimum atomic E-state index is -2.83. The summed E-state index contributed by atoms with van der Waals surface area (Å²) in [4.78, 5) is 0. The normalized spacial score (nSPS) is 20.3. The van der Waals surface area contributed by atoms with E-state index in [1.165, 1.54) is 12.1 Å². The first kappa shape index (κ1) is 12.4. The zero-order chi connectivity index (χ0) is 12.5. The Labute approximate surface area is 101 Å². The molecule has 0 atom stereocenters. The number of rotatable bonds is 2. The number of halogens is 1. The number of hydrogen-bond acceptors (Lipinski definition) is 3. The zero-order valence-corrected chi connectivity index (χ0v) is 10.3. The monoisotopic (exact) mass is 257 g/mol. The van der Waals surface area contributed by atoms with Crippen molar-refractivity contribution in [3.63, 3.8) is 0 Å². The summed E-state index contributed by atoms with van der Waals surface area (Å²) >= 11 is 0. The number of hydrogen-bond donors (Lipinski definition) is 1. The zero-order valence-electron chi connectivity index (χ0n) is 9.52. The molecule has 94 valence electrons. The predicted molar refractivity (Wildman–Crippen MR) is 65.9 cm³/mol. The lowest BCUT2D eigenvalue weighted by molar-refractivity contribution is 0.462. The highest BCUT2D eigenvalue weighted by Gasteiger charge is 2.24. The molecular weight excluding hydrogens is 241 g/mol. The van der Waals surface area contributed by atoms with Crippen LogP contribution in [0, 0.1) is 11.7 Å². The van der Waals surface area contributed by atoms with Gasteiger partial charge in [-0.2, -0.15) is 0 Å². The molecule has 1 heterocycles. The number of anilines is 1. The first-order valence-corrected chi connectivity index (χ1v) is 7.53. The van der Waals surface area contributed by atoms with Crippen molar-refractivity contribution in [3.8, 4) is 0 Å². The summed E-state index contributed by atoms with van der Waals surface area (Å²) in [6.45, 7) is 0. The van der Waals surface area contributed by atoms with Gasteiger partial charge in [-0.25, -0.2) is 12.8 Å². The van der Waals surface area contributed by atoms with Crippen LogP contribution in [0.5, 0.6) is 0 Å². The van der Waals surface area contributed by atoms with E-state index in [4.69, 9.17) is 5.73 Å². The van der Waals surface area contributed by atoms with Crippen LogP contribution in [0.15, 0.2) is 18.2 Å². The summed E-state index contributed by atoms with van der Waals surface area (Å²) in [5.74, 6) is 0.486. The number of nitrogens with two attached hydrogens (primary N) is 1. The van der Waals surface area contributed by atoms with E-state index in [9.17, 15) is 12.8 Å². The van der Waals surface area contributed by atoms with Gasteiger partial charge in [0.05, 0.1) is 11.5 Å². The number of nitrogen functional groups attached to an aromatic ring is 1. The second-order valence-electron chi connectivity index (χ2n) is 4.64. The third-order valence-corrected chi connectivity index (χ3v) is 5.00. The van der Waals surface area contributed by atoms with Gasteiger partial charge < -0.3 is 5.73 Å². The molecule has 1 aromatic carbocycles. The predicted octanol–water partition coefficient (Wildman–Crippen LogP) is 1.78. The van der Waals surface area contributed by atoms with E-state index in [2.05, 4.69) is 0 Å². The molecule has 0 aromatic heterocycles. The SMILES string of the molecule is Nc1ccc(F)cc1CC1CCS(=O)(=O)CC1. The Hall–Kier alpha value is -1.10. The molecule has 17 heavy (non-hydrogen) atoms. The van der Waals surface area contributed by atoms with Gasteiger partial charge in [-0.3, -0.25) is 0 Å². The molecule has 3 nitrogen and oxygen atoms in total. The van der Waals surface area contributed by atoms with E-state index in [0.717, 1.165) is 5.56 Å². The Morgan fingerprint density at radius 1 is 1.29 bits per heavy atom. The molecule has 1 aliphatic heterocycles. The van der Waals surface area contributed by atoms with Gasteiger partial charge in [-0.1, -0.05) is 0 Å². The van der Waals surface area contributed by atoms with E-state index in [0.29, 0.717) is 30.9 Å². The Morgan fingerprint density at radius 2 is 1.94 bits per heavy atom. The molecule has 1 fully saturated rings. The van der Waals surface area contributed by atoms with Gasteiger partial charge in [-0.15, -0.1) is 0 Å². The van der Waals surface area contributed by atoms with Crippen LogP contribution in [-0.4, -0.2) is 19.9 Å². The summed E-state index contributed by atoms with van der Waals surface area (Å²) in [5.41, 5.74) is 7.14. The molecular formula is C12H16FNO2S. The lowest BCUT2D eigenvalue weighted by Crippen LogP contribution is -2.24. The Balaban J connectivity index is 2.05. The molecule has 2 N–H and O–H groups in total. The van der Waals surface area contributed by atoms with Crippen LogP contribution in [0.4, 0.5) is 10.1 Å². The van der Waals surface area contributed by atoms with Gasteiger partial charge in [0, 0.05) is 5.69 Å². The van der Waals surface area contributed by atoms with Crippen LogP contribution >= 0.6 is 0 Å². The molecule has 5 heteroatoms. The third kappa shape index (κ3) is 3.19. The van der Waals surface area contributed by atoms with Crippen LogP contribution in [0.25, 0.3) is 0 Å². The van der Waals surface area contributed by atoms with Crippen molar-refractivity contribution in [2.75, 3.05) is 17.2 Å². The number of benzene rings is 1. The van der Waals surface area contributed by atoms with Crippen LogP contribution in [0.2, 0.25) is 0 Å². The molecule has 1 aromatic rings. The van der Waals surface area contributed by atoms with Crippen molar-refractivity contribution in [1.82, 2.24) is 0 Å². The van der Waals surface area contributed by atoms with Gasteiger partial charge in [0.15, 0.2) is 0 Å². The van der Waals surface area contributed by atoms with Crippen molar-refractivity contribution < 1.29 is 12.8 Å². The molecule has 0 amide bonds. The molecule has 0 spiro atoms. The lowest BCUT2D eigenvalue weighted by atomic mass is 9.93. The van der Waals surface area contributed by atoms with Gasteiger partial charge in [0.2, 0.25) is 0 Å². The smallest absolute Gasteiger partial charge is 0.150 e. The lowest BCUT2D eigenvalue weighted by Gasteiger charge is -2.22. The van der Waals surface area contributed by atoms with E-state index in [1.54, 1.807) is 6.07 Å². The van der Waals surface area contributed by atoms with Crippen LogP contribution in [-0.2, 0) is 16.3 Å². The second-order valence-corrected chi connectivity index (χ2v) is 6.95. The fraction of sp³-hybridized carbons (Fsp3) is 0.500. The fourth-order valence-electron chi connectivity index (χ4n) is 2.21. The van der Waals surface area contributed by atoms with Gasteiger partial charge in [0.1, 0.15) is 15.7 Å². The highest BCUT2D eigenvalue weighted by molar-refractivity contribution is 7.91. The maximum absolute atomic E-state index is 13.1. The van der Waals surface area contributed by atoms with Crippen molar-refractivity contribution in [2.24, 2.45) is 5.92 Å². The maximum Gasteiger partial charge on any atom is 0.150 e. The third-order valence-electron chi connectivity index (χ3n) is 3.29. The summed E-state index contributed by atoms with van der Waals surface area (Å²) in [5, 5.41) is 0. The largest absolute Gasteiger partial charge is 0.399 e. The van der Waals surface area contributed by atoms with Crippen molar-refractivity contribution in [1.29, 1.82) is 0 Å². The van der Waals surface area contributed by atoms with E-state index in [1.807, 2.05) is 0 Å². The molecule has 0 radical (unpaired) electrons. The Morgan fingerprint density at radius 3 is 2.59 bits per heavy atom. The molecule has 0 bridgehead atoms. The molecule has 1 aliphatic rings. The van der Waals surface area contributed by atoms with E-state index >= 15 is 0 Å². The van der Waals surface area contributed by atoms with E-state index in [-0.39, 0.29) is 17.3 Å². The van der Waals surface area contributed by atoms with Gasteiger partial charge >= 0.3 is 0 Å². The standard InChI is InChI=1S/C12H16FNO2S/c13-11-1-2-12(14)10(8-11)7-9-3-5-17(15,16)6-4-9/h1-2,8-9H,3-7,14H2. The van der Waals surface area contributed by atoms with Crippen molar-refractivity contribution in [2.45, 2.75) is 19.3 Å². The Kier molecular flexibility index (Phi) is 3.38. The van der Waals surface area contributed by atoms with Gasteiger partial charge in [-0.05, 0) is 48.9 Å². The molecule has 0 unspecified atom stereocenters. The minimum absolute atomic E-state index is 0.243. The summed E-state index contributed by atoms with van der Waals surface area (Å²) in [6, 6.07) is 4.34. The molecule has 0 aliphatic carbocycles. The minimum Gasteiger partial charge on any atom is -0.399 e. The molecule has 1 saturated heterocycles. The molecule has 0 saturated carbocycles. The van der Waals surface area contributed by atoms with Crippen LogP contribution < -0.4 is 5.73 Å². The average molecular weight is 257 g/mol. The van der Waals surface area contributed by atoms with E-state index < -0.39 is 9.84 Å². The highest BCUT2D eigenvalue weighted by Crippen LogP contribution is 2.25. The fourth-order valence-corrected chi connectivity index (χ4v) is 3.79. The van der Waals surface area contributed by atoms with Gasteiger partial charge in [0.25, 0.3) is 0 Å². The molecule has 2 rings (SSSR count). The highest BCUT2D eigenvalue weighted by atomic mass is 32.2. The van der Waals surface area contributed by atoms with Crippen molar-refractivity contribution >= 4 is 15.5 Å². The summed E-state index contributed by atoms with van der Waals surface area (Å²) in [7, 11) is -2.83. The first-order valence-electron chi connectivity index (χ1n) is 5.70. The average Bonchev–Trinajstić information content (AvgIpc) is 2.26. The maximum atomic E-state index is 13.1. The summed E-state index contributed by atoms with van der Waals surface area (Å²) < 4.78 is 35.6. The van der Waals surface area contributed by atoms with Crippen LogP contribution in [0.1, 0.15) is 18.4 Å². The number of sulfone groups is 1. The topological polar surface area (TPSA) is 60.2 Å². The summed E-state index contributed by atoms with van der Waals surface area (Å²) in [6.07, 6.45) is 1.97. The van der Waals surface area contributed by atoms with Crippen LogP contribution in [0.3, 0.4) is 0 Å². The second kappa shape index (κ2) is 4.64. The Bertz CT molecular complexity index is 499. The quantitative estimate of drug-likeness (QED) is 0.821. The first-order chi connectivity index (χ1) is 7.96. The van der Waals surface area contributed by atoms with Crippen molar-refractivity contribution in [3.05, 3.63) is 29.6 Å².